The van der Waals surface area contributed by atoms with Crippen LogP contribution in [0.4, 0.5) is 13.2 Å². The number of alkyl halides is 2. The van der Waals surface area contributed by atoms with E-state index in [0.29, 0.717) is 29.5 Å². The fraction of sp³-hybridized carbons (Fsp3) is 0.600. The predicted octanol–water partition coefficient (Wildman–Crippen LogP) is 8.39. The fourth-order valence-electron chi connectivity index (χ4n) is 4.81. The minimum absolute atomic E-state index is 0.0244. The second-order valence-corrected chi connectivity index (χ2v) is 8.49. The van der Waals surface area contributed by atoms with Crippen molar-refractivity contribution in [3.63, 3.8) is 0 Å². The molecule has 2 aromatic carbocycles. The summed E-state index contributed by atoms with van der Waals surface area (Å²) in [4.78, 5) is 0. The normalized spacial score (nSPS) is 19.8. The zero-order valence-electron chi connectivity index (χ0n) is 17.7. The Labute approximate surface area is 172 Å². The highest BCUT2D eigenvalue weighted by atomic mass is 19.3. The summed E-state index contributed by atoms with van der Waals surface area (Å²) < 4.78 is 45.4. The molecule has 1 saturated carbocycles. The van der Waals surface area contributed by atoms with Crippen LogP contribution in [0.1, 0.15) is 88.7 Å². The minimum Gasteiger partial charge on any atom is -0.434 e. The van der Waals surface area contributed by atoms with Gasteiger partial charge in [-0.15, -0.1) is 0 Å². The molecule has 0 aliphatic heterocycles. The van der Waals surface area contributed by atoms with Gasteiger partial charge in [0.15, 0.2) is 0 Å². The van der Waals surface area contributed by atoms with Crippen LogP contribution in [0.25, 0.3) is 10.8 Å². The second-order valence-electron chi connectivity index (χ2n) is 8.49. The van der Waals surface area contributed by atoms with Crippen LogP contribution >= 0.6 is 0 Å². The maximum atomic E-state index is 15.0. The third-order valence-electron chi connectivity index (χ3n) is 6.41. The number of benzene rings is 2. The molecule has 0 saturated heterocycles. The van der Waals surface area contributed by atoms with Gasteiger partial charge < -0.3 is 4.74 Å². The predicted molar refractivity (Wildman–Crippen MR) is 113 cm³/mol. The summed E-state index contributed by atoms with van der Waals surface area (Å²) in [6.07, 6.45) is 11.1. The molecule has 0 bridgehead atoms. The maximum absolute atomic E-state index is 15.0. The Morgan fingerprint density at radius 3 is 2.41 bits per heavy atom. The fourth-order valence-corrected chi connectivity index (χ4v) is 4.81. The third kappa shape index (κ3) is 5.46. The Morgan fingerprint density at radius 2 is 1.76 bits per heavy atom. The molecule has 1 aliphatic carbocycles. The van der Waals surface area contributed by atoms with Crippen molar-refractivity contribution in [3.05, 3.63) is 41.2 Å². The Balaban J connectivity index is 1.80. The molecule has 0 heterocycles. The molecule has 1 fully saturated rings. The lowest BCUT2D eigenvalue weighted by atomic mass is 9.76. The van der Waals surface area contributed by atoms with Gasteiger partial charge in [-0.25, -0.2) is 4.39 Å². The third-order valence-corrected chi connectivity index (χ3v) is 6.41. The van der Waals surface area contributed by atoms with E-state index in [2.05, 4.69) is 11.7 Å². The van der Waals surface area contributed by atoms with Crippen LogP contribution in [0.3, 0.4) is 0 Å². The molecule has 0 atom stereocenters. The highest BCUT2D eigenvalue weighted by Gasteiger charge is 2.23. The van der Waals surface area contributed by atoms with Crippen molar-refractivity contribution >= 4 is 10.8 Å². The van der Waals surface area contributed by atoms with Crippen molar-refractivity contribution in [2.45, 2.75) is 90.6 Å². The number of unbranched alkanes of at least 4 members (excludes halogenated alkanes) is 2. The molecule has 0 N–H and O–H groups in total. The van der Waals surface area contributed by atoms with Crippen LogP contribution in [0.5, 0.6) is 5.75 Å². The van der Waals surface area contributed by atoms with E-state index in [0.717, 1.165) is 18.8 Å². The molecule has 0 radical (unpaired) electrons. The molecule has 1 aliphatic rings. The molecule has 29 heavy (non-hydrogen) atoms. The van der Waals surface area contributed by atoms with Crippen molar-refractivity contribution in [1.82, 2.24) is 0 Å². The zero-order chi connectivity index (χ0) is 20.8. The molecule has 0 spiro atoms. The number of hydrogen-bond donors (Lipinski definition) is 0. The van der Waals surface area contributed by atoms with Crippen molar-refractivity contribution in [1.29, 1.82) is 0 Å². The smallest absolute Gasteiger partial charge is 0.387 e. The average Bonchev–Trinajstić information content (AvgIpc) is 2.71. The molecule has 0 unspecified atom stereocenters. The van der Waals surface area contributed by atoms with E-state index in [4.69, 9.17) is 0 Å². The van der Waals surface area contributed by atoms with Gasteiger partial charge in [-0.3, -0.25) is 0 Å². The van der Waals surface area contributed by atoms with Crippen molar-refractivity contribution in [2.24, 2.45) is 5.92 Å². The topological polar surface area (TPSA) is 9.23 Å². The summed E-state index contributed by atoms with van der Waals surface area (Å²) in [5, 5.41) is 1.15. The van der Waals surface area contributed by atoms with E-state index in [1.165, 1.54) is 44.1 Å². The number of rotatable bonds is 9. The Hall–Kier alpha value is -1.71. The van der Waals surface area contributed by atoms with Gasteiger partial charge in [0.05, 0.1) is 0 Å². The first kappa shape index (κ1) is 22.0. The Bertz CT molecular complexity index is 794. The summed E-state index contributed by atoms with van der Waals surface area (Å²) in [6.45, 7) is 1.19. The van der Waals surface area contributed by atoms with Crippen LogP contribution in [-0.4, -0.2) is 6.61 Å². The van der Waals surface area contributed by atoms with Crippen LogP contribution in [-0.2, 0) is 6.42 Å². The molecule has 3 rings (SSSR count). The minimum atomic E-state index is -2.95. The summed E-state index contributed by atoms with van der Waals surface area (Å²) >= 11 is 0. The van der Waals surface area contributed by atoms with Crippen LogP contribution in [0, 0.1) is 11.7 Å². The van der Waals surface area contributed by atoms with Gasteiger partial charge in [-0.2, -0.15) is 8.78 Å². The molecule has 160 valence electrons. The SMILES string of the molecule is CCCCCC1CCC(c2ccc3c(F)c(CCC)c(OC(F)F)cc3c2)CC1. The van der Waals surface area contributed by atoms with Gasteiger partial charge in [-0.05, 0) is 61.0 Å². The monoisotopic (exact) mass is 406 g/mol. The molecule has 2 aromatic rings. The molecular weight excluding hydrogens is 373 g/mol. The van der Waals surface area contributed by atoms with Gasteiger partial charge >= 0.3 is 6.61 Å². The van der Waals surface area contributed by atoms with E-state index >= 15 is 4.39 Å². The number of fused-ring (bicyclic) bond motifs is 1. The van der Waals surface area contributed by atoms with Gasteiger partial charge in [0, 0.05) is 10.9 Å². The van der Waals surface area contributed by atoms with Crippen molar-refractivity contribution in [3.8, 4) is 5.75 Å². The van der Waals surface area contributed by atoms with E-state index < -0.39 is 12.4 Å². The number of ether oxygens (including phenoxy) is 1. The average molecular weight is 407 g/mol. The van der Waals surface area contributed by atoms with Crippen molar-refractivity contribution in [2.75, 3.05) is 0 Å². The van der Waals surface area contributed by atoms with Gasteiger partial charge in [0.1, 0.15) is 11.6 Å². The lowest BCUT2D eigenvalue weighted by molar-refractivity contribution is -0.0505. The molecule has 1 nitrogen and oxygen atoms in total. The first-order valence-corrected chi connectivity index (χ1v) is 11.2. The lowest BCUT2D eigenvalue weighted by Gasteiger charge is -2.29. The maximum Gasteiger partial charge on any atom is 0.387 e. The van der Waals surface area contributed by atoms with Gasteiger partial charge in [0.2, 0.25) is 0 Å². The quantitative estimate of drug-likeness (QED) is 0.380. The van der Waals surface area contributed by atoms with E-state index in [1.54, 1.807) is 6.07 Å². The van der Waals surface area contributed by atoms with Crippen LogP contribution in [0.2, 0.25) is 0 Å². The summed E-state index contributed by atoms with van der Waals surface area (Å²) in [6, 6.07) is 7.42. The van der Waals surface area contributed by atoms with Crippen LogP contribution < -0.4 is 4.74 Å². The highest BCUT2D eigenvalue weighted by Crippen LogP contribution is 2.40. The van der Waals surface area contributed by atoms with Crippen molar-refractivity contribution < 1.29 is 17.9 Å². The Kier molecular flexibility index (Phi) is 7.85. The first-order valence-electron chi connectivity index (χ1n) is 11.2. The zero-order valence-corrected chi connectivity index (χ0v) is 17.7. The summed E-state index contributed by atoms with van der Waals surface area (Å²) in [5.74, 6) is 0.854. The largest absolute Gasteiger partial charge is 0.434 e. The van der Waals surface area contributed by atoms with E-state index in [9.17, 15) is 8.78 Å². The second kappa shape index (κ2) is 10.4. The van der Waals surface area contributed by atoms with E-state index in [1.807, 2.05) is 25.1 Å². The first-order chi connectivity index (χ1) is 14.0. The molecule has 4 heteroatoms. The number of hydrogen-bond acceptors (Lipinski definition) is 1. The van der Waals surface area contributed by atoms with Gasteiger partial charge in [0.25, 0.3) is 0 Å². The van der Waals surface area contributed by atoms with Gasteiger partial charge in [-0.1, -0.05) is 64.2 Å². The molecule has 0 amide bonds. The number of halogens is 3. The summed E-state index contributed by atoms with van der Waals surface area (Å²) in [5.41, 5.74) is 1.44. The van der Waals surface area contributed by atoms with E-state index in [-0.39, 0.29) is 11.3 Å². The highest BCUT2D eigenvalue weighted by molar-refractivity contribution is 5.86. The molecule has 0 aromatic heterocycles. The molecular formula is C25H33F3O. The van der Waals surface area contributed by atoms with Crippen LogP contribution in [0.15, 0.2) is 24.3 Å². The lowest BCUT2D eigenvalue weighted by Crippen LogP contribution is -2.13. The Morgan fingerprint density at radius 1 is 1.00 bits per heavy atom. The standard InChI is InChI=1S/C25H33F3O/c1-3-5-6-8-17-9-11-18(12-10-17)19-13-14-21-20(15-19)16-23(29-25(27)28)22(7-4-2)24(21)26/h13-18,25H,3-12H2,1-2H3. The summed E-state index contributed by atoms with van der Waals surface area (Å²) in [7, 11) is 0.